The number of likely N-dealkylation sites (tertiary alicyclic amines) is 1. The Morgan fingerprint density at radius 3 is 2.42 bits per heavy atom. The summed E-state index contributed by atoms with van der Waals surface area (Å²) in [6.45, 7) is 11.5. The van der Waals surface area contributed by atoms with E-state index >= 15 is 0 Å². The topological polar surface area (TPSA) is 181 Å². The number of alkyl carbamates (subject to hydrolysis) is 1. The molecule has 0 radical (unpaired) electrons. The van der Waals surface area contributed by atoms with E-state index in [2.05, 4.69) is 16.0 Å². The molecule has 3 amide bonds. The number of carbonyl (C=O) groups excluding carboxylic acids is 3. The molecule has 1 aliphatic heterocycles. The third-order valence-corrected chi connectivity index (χ3v) is 12.2. The fourth-order valence-corrected chi connectivity index (χ4v) is 9.11. The first-order chi connectivity index (χ1) is 26.1. The minimum absolute atomic E-state index is 0.0119. The molecule has 4 N–H and O–H groups in total. The van der Waals surface area contributed by atoms with Gasteiger partial charge in [0, 0.05) is 35.4 Å². The predicted octanol–water partition coefficient (Wildman–Crippen LogP) is 5.84. The van der Waals surface area contributed by atoms with Crippen molar-refractivity contribution in [3.63, 3.8) is 0 Å². The Bertz CT molecular complexity index is 1970. The van der Waals surface area contributed by atoms with Crippen molar-refractivity contribution >= 4 is 51.2 Å². The second-order valence-corrected chi connectivity index (χ2v) is 17.8. The molecule has 4 aliphatic rings. The summed E-state index contributed by atoms with van der Waals surface area (Å²) in [5, 5.41) is 22.5. The van der Waals surface area contributed by atoms with Crippen LogP contribution >= 0.6 is 11.3 Å². The van der Waals surface area contributed by atoms with Gasteiger partial charge in [0.1, 0.15) is 47.0 Å². The zero-order valence-electron chi connectivity index (χ0n) is 32.5. The van der Waals surface area contributed by atoms with Gasteiger partial charge >= 0.3 is 12.1 Å². The maximum Gasteiger partial charge on any atom is 0.408 e. The van der Waals surface area contributed by atoms with Crippen LogP contribution in [0.2, 0.25) is 0 Å². The van der Waals surface area contributed by atoms with Crippen LogP contribution in [0.3, 0.4) is 0 Å². The number of hydrogen-bond donors (Lipinski definition) is 4. The zero-order valence-corrected chi connectivity index (χ0v) is 33.3. The van der Waals surface area contributed by atoms with Crippen molar-refractivity contribution in [3.05, 3.63) is 29.6 Å². The van der Waals surface area contributed by atoms with Gasteiger partial charge in [-0.1, -0.05) is 34.1 Å². The molecule has 2 aromatic heterocycles. The summed E-state index contributed by atoms with van der Waals surface area (Å²) in [6, 6.07) is 5.37. The first-order valence-corrected chi connectivity index (χ1v) is 20.2. The largest absolute Gasteiger partial charge is 0.497 e. The number of methoxy groups -OCH3 is 1. The number of rotatable bonds is 13. The van der Waals surface area contributed by atoms with Gasteiger partial charge in [-0.3, -0.25) is 9.59 Å². The fraction of sp³-hybridized carbons (Fsp3) is 0.600. The van der Waals surface area contributed by atoms with E-state index in [0.29, 0.717) is 58.5 Å². The lowest BCUT2D eigenvalue weighted by molar-refractivity contribution is -0.146. The quantitative estimate of drug-likeness (QED) is 0.164. The first-order valence-electron chi connectivity index (χ1n) is 19.3. The Kier molecular flexibility index (Phi) is 10.4. The van der Waals surface area contributed by atoms with Crippen LogP contribution in [0, 0.1) is 23.2 Å². The van der Waals surface area contributed by atoms with E-state index in [4.69, 9.17) is 24.2 Å². The van der Waals surface area contributed by atoms with Crippen molar-refractivity contribution in [1.82, 2.24) is 25.5 Å². The van der Waals surface area contributed by atoms with Gasteiger partial charge in [-0.25, -0.2) is 19.6 Å². The number of anilines is 1. The number of amides is 3. The molecule has 4 fully saturated rings. The molecule has 3 aromatic rings. The Labute approximate surface area is 325 Å². The molecule has 3 heterocycles. The minimum atomic E-state index is -1.39. The molecule has 8 atom stereocenters. The molecule has 296 valence electrons. The highest BCUT2D eigenvalue weighted by Crippen LogP contribution is 2.52. The summed E-state index contributed by atoms with van der Waals surface area (Å²) in [5.41, 5.74) is -0.318. The van der Waals surface area contributed by atoms with Gasteiger partial charge in [0.25, 0.3) is 0 Å². The van der Waals surface area contributed by atoms with Gasteiger partial charge in [-0.2, -0.15) is 0 Å². The van der Waals surface area contributed by atoms with E-state index in [1.54, 1.807) is 13.2 Å². The number of carboxylic acid groups (broad SMARTS) is 1. The summed E-state index contributed by atoms with van der Waals surface area (Å²) in [6.07, 6.45) is 2.32. The molecular weight excluding hydrogens is 725 g/mol. The van der Waals surface area contributed by atoms with Gasteiger partial charge in [0.15, 0.2) is 5.13 Å². The second kappa shape index (κ2) is 14.8. The summed E-state index contributed by atoms with van der Waals surface area (Å²) in [5.74, 6) is -0.0479. The molecule has 3 saturated carbocycles. The van der Waals surface area contributed by atoms with E-state index in [9.17, 15) is 24.3 Å². The number of carboxylic acids is 1. The van der Waals surface area contributed by atoms with Crippen molar-refractivity contribution in [1.29, 1.82) is 0 Å². The molecular formula is C40H52N6O8S. The summed E-state index contributed by atoms with van der Waals surface area (Å²) in [4.78, 5) is 65.5. The first kappa shape index (κ1) is 38.6. The van der Waals surface area contributed by atoms with Crippen LogP contribution < -0.4 is 25.4 Å². The maximum absolute atomic E-state index is 14.6. The summed E-state index contributed by atoms with van der Waals surface area (Å²) >= 11 is 1.47. The van der Waals surface area contributed by atoms with E-state index in [-0.39, 0.29) is 31.0 Å². The number of aliphatic carboxylic acids is 1. The van der Waals surface area contributed by atoms with Crippen molar-refractivity contribution in [2.75, 3.05) is 19.0 Å². The third-order valence-electron chi connectivity index (χ3n) is 11.5. The van der Waals surface area contributed by atoms with E-state index < -0.39 is 53.0 Å². The highest BCUT2D eigenvalue weighted by molar-refractivity contribution is 7.14. The van der Waals surface area contributed by atoms with E-state index in [0.717, 1.165) is 18.0 Å². The Morgan fingerprint density at radius 1 is 1.04 bits per heavy atom. The van der Waals surface area contributed by atoms with Gasteiger partial charge in [-0.15, -0.1) is 11.3 Å². The van der Waals surface area contributed by atoms with E-state index in [1.807, 2.05) is 65.1 Å². The van der Waals surface area contributed by atoms with Crippen LogP contribution in [-0.4, -0.2) is 93.4 Å². The highest BCUT2D eigenvalue weighted by atomic mass is 32.1. The minimum Gasteiger partial charge on any atom is -0.497 e. The summed E-state index contributed by atoms with van der Waals surface area (Å²) < 4.78 is 18.0. The zero-order chi connectivity index (χ0) is 39.4. The number of pyridine rings is 1. The molecule has 0 unspecified atom stereocenters. The lowest BCUT2D eigenvalue weighted by atomic mass is 9.85. The number of aromatic nitrogens is 2. The monoisotopic (exact) mass is 776 g/mol. The van der Waals surface area contributed by atoms with Crippen LogP contribution in [0.1, 0.15) is 80.1 Å². The lowest BCUT2D eigenvalue weighted by Crippen LogP contribution is -2.59. The molecule has 14 nitrogen and oxygen atoms in total. The smallest absolute Gasteiger partial charge is 0.408 e. The van der Waals surface area contributed by atoms with Gasteiger partial charge in [-0.05, 0) is 74.8 Å². The van der Waals surface area contributed by atoms with Crippen LogP contribution in [0.25, 0.3) is 22.3 Å². The highest BCUT2D eigenvalue weighted by Gasteiger charge is 2.61. The average molecular weight is 777 g/mol. The number of nitrogens with zero attached hydrogens (tertiary/aromatic N) is 3. The van der Waals surface area contributed by atoms with Crippen molar-refractivity contribution in [3.8, 4) is 22.9 Å². The Hall–Kier alpha value is -4.66. The molecule has 55 heavy (non-hydrogen) atoms. The second-order valence-electron chi connectivity index (χ2n) is 17.0. The third kappa shape index (κ3) is 8.03. The number of fused-ring (bicyclic) bond motifs is 2. The number of thiazole rings is 1. The number of benzene rings is 1. The van der Waals surface area contributed by atoms with Gasteiger partial charge in [0.05, 0.1) is 24.9 Å². The number of ether oxygens (including phenoxy) is 3. The number of hydrogen-bond acceptors (Lipinski definition) is 11. The van der Waals surface area contributed by atoms with Crippen molar-refractivity contribution in [2.45, 2.75) is 116 Å². The predicted molar refractivity (Wildman–Crippen MR) is 207 cm³/mol. The van der Waals surface area contributed by atoms with Crippen molar-refractivity contribution < 1.29 is 38.5 Å². The Morgan fingerprint density at radius 2 is 1.78 bits per heavy atom. The summed E-state index contributed by atoms with van der Waals surface area (Å²) in [7, 11) is 1.58. The van der Waals surface area contributed by atoms with Crippen LogP contribution in [0.5, 0.6) is 11.5 Å². The van der Waals surface area contributed by atoms with Gasteiger partial charge < -0.3 is 40.2 Å². The number of carbonyl (C=O) groups is 4. The SMILES string of the molecule is CC[C@@H]1C[C@]1(NC(=O)[C@@H]1C[C@@H](Oc2cc(-c3csc(NC(C)C)n3)nc3cc(OC)ccc23)CN1C(=O)[C@@H](NC(=O)O[C@@H]1C[C@@H]2C[C@@H]2C1)C(C)(C)C)C(=O)O. The van der Waals surface area contributed by atoms with Crippen molar-refractivity contribution in [2.24, 2.45) is 23.2 Å². The molecule has 1 saturated heterocycles. The molecule has 15 heteroatoms. The van der Waals surface area contributed by atoms with Crippen LogP contribution in [0.4, 0.5) is 9.93 Å². The maximum atomic E-state index is 14.6. The van der Waals surface area contributed by atoms with E-state index in [1.165, 1.54) is 22.7 Å². The van der Waals surface area contributed by atoms with Crippen LogP contribution in [0.15, 0.2) is 29.6 Å². The Balaban J connectivity index is 1.18. The van der Waals surface area contributed by atoms with Crippen LogP contribution in [-0.2, 0) is 19.1 Å². The standard InChI is InChI=1S/C40H52N6O8S/c1-8-23-17-40(23,36(49)50)45-34(47)31-15-26(18-46(31)35(48)33(39(4,5)6)44-38(51)54-25-12-21-11-22(21)13-25)53-32-16-29(30-19-55-37(43-30)41-20(2)3)42-28-14-24(52-7)9-10-27(28)32/h9-10,14,16,19-23,25-26,31,33H,8,11-13,15,17-18H2,1-7H3,(H,41,43)(H,44,51)(H,45,47)(H,49,50)/t21-,22+,23-,25+,26-,31+,33-,40-/m1/s1. The van der Waals surface area contributed by atoms with Gasteiger partial charge in [0.2, 0.25) is 11.8 Å². The molecule has 7 rings (SSSR count). The molecule has 3 aliphatic carbocycles. The fourth-order valence-electron chi connectivity index (χ4n) is 8.26. The average Bonchev–Trinajstić information content (AvgIpc) is 3.79. The lowest BCUT2D eigenvalue weighted by Gasteiger charge is -2.35. The molecule has 0 spiro atoms. The number of nitrogens with one attached hydrogen (secondary N) is 3. The molecule has 1 aromatic carbocycles. The normalized spacial score (nSPS) is 27.3. The molecule has 0 bridgehead atoms.